The van der Waals surface area contributed by atoms with E-state index in [1.165, 1.54) is 16.8 Å². The highest BCUT2D eigenvalue weighted by atomic mass is 127. The van der Waals surface area contributed by atoms with Crippen LogP contribution in [0.4, 0.5) is 0 Å². The van der Waals surface area contributed by atoms with E-state index < -0.39 is 0 Å². The molecule has 198 valence electrons. The smallest absolute Gasteiger partial charge is 0.231 e. The predicted octanol–water partition coefficient (Wildman–Crippen LogP) is 7.28. The molecule has 0 spiro atoms. The molecule has 0 atom stereocenters. The third-order valence-corrected chi connectivity index (χ3v) is 7.46. The molecule has 0 N–H and O–H groups in total. The summed E-state index contributed by atoms with van der Waals surface area (Å²) >= 11 is 2.39. The van der Waals surface area contributed by atoms with Crippen LogP contribution in [0, 0.1) is 3.83 Å². The van der Waals surface area contributed by atoms with Crippen LogP contribution >= 0.6 is 22.6 Å². The monoisotopic (exact) mass is 623 g/mol. The van der Waals surface area contributed by atoms with Gasteiger partial charge in [-0.3, -0.25) is 4.90 Å². The average molecular weight is 624 g/mol. The molecule has 0 amide bonds. The summed E-state index contributed by atoms with van der Waals surface area (Å²) in [6.07, 6.45) is 2.26. The molecule has 6 nitrogen and oxygen atoms in total. The fraction of sp³-hybridized carbons (Fsp3) is 0.323. The Kier molecular flexibility index (Phi) is 8.86. The molecule has 5 rings (SSSR count). The second kappa shape index (κ2) is 12.7. The summed E-state index contributed by atoms with van der Waals surface area (Å²) in [7, 11) is 0. The number of rotatable bonds is 12. The van der Waals surface area contributed by atoms with Crippen molar-refractivity contribution in [2.45, 2.75) is 52.9 Å². The third kappa shape index (κ3) is 6.32. The van der Waals surface area contributed by atoms with Gasteiger partial charge in [-0.05, 0) is 71.3 Å². The molecule has 1 aliphatic heterocycles. The molecule has 0 aliphatic carbocycles. The standard InChI is InChI=1S/C31H34IN3O3/c1-3-5-16-35-27(30(33-31(35)32)25-11-7-6-8-12-25)21-34(19-23-10-9-13-26(17-23)36-4-2)20-24-14-15-28-29(18-24)38-22-37-28/h6-15,17-18H,3-5,16,19-22H2,1-2H3. The lowest BCUT2D eigenvalue weighted by Gasteiger charge is -2.25. The van der Waals surface area contributed by atoms with Crippen LogP contribution < -0.4 is 14.2 Å². The van der Waals surface area contributed by atoms with Crippen LogP contribution in [0.1, 0.15) is 43.5 Å². The van der Waals surface area contributed by atoms with E-state index in [1.807, 2.05) is 19.1 Å². The first-order valence-corrected chi connectivity index (χ1v) is 14.4. The van der Waals surface area contributed by atoms with E-state index in [-0.39, 0.29) is 6.79 Å². The zero-order valence-corrected chi connectivity index (χ0v) is 24.2. The Morgan fingerprint density at radius 2 is 1.68 bits per heavy atom. The molecule has 2 heterocycles. The molecular weight excluding hydrogens is 589 g/mol. The van der Waals surface area contributed by atoms with E-state index in [2.05, 4.69) is 99.6 Å². The molecule has 0 saturated heterocycles. The molecule has 1 aliphatic rings. The van der Waals surface area contributed by atoms with Crippen LogP contribution in [0.15, 0.2) is 72.8 Å². The van der Waals surface area contributed by atoms with Crippen molar-refractivity contribution in [3.05, 3.63) is 93.4 Å². The van der Waals surface area contributed by atoms with Gasteiger partial charge in [0.05, 0.1) is 18.0 Å². The lowest BCUT2D eigenvalue weighted by Crippen LogP contribution is -2.24. The van der Waals surface area contributed by atoms with Crippen molar-refractivity contribution < 1.29 is 14.2 Å². The molecule has 3 aromatic carbocycles. The van der Waals surface area contributed by atoms with Gasteiger partial charge in [0.2, 0.25) is 6.79 Å². The van der Waals surface area contributed by atoms with Crippen LogP contribution in [-0.4, -0.2) is 27.9 Å². The third-order valence-electron chi connectivity index (χ3n) is 6.64. The highest BCUT2D eigenvalue weighted by Gasteiger charge is 2.21. The highest BCUT2D eigenvalue weighted by Crippen LogP contribution is 2.34. The number of hydrogen-bond donors (Lipinski definition) is 0. The Morgan fingerprint density at radius 3 is 2.47 bits per heavy atom. The number of aromatic nitrogens is 2. The minimum Gasteiger partial charge on any atom is -0.494 e. The Hall–Kier alpha value is -3.04. The van der Waals surface area contributed by atoms with E-state index in [1.54, 1.807) is 0 Å². The lowest BCUT2D eigenvalue weighted by molar-refractivity contribution is 0.174. The molecular formula is C31H34IN3O3. The maximum absolute atomic E-state index is 5.79. The van der Waals surface area contributed by atoms with Crippen molar-refractivity contribution in [2.24, 2.45) is 0 Å². The van der Waals surface area contributed by atoms with Crippen molar-refractivity contribution in [3.63, 3.8) is 0 Å². The summed E-state index contributed by atoms with van der Waals surface area (Å²) < 4.78 is 20.4. The Bertz CT molecular complexity index is 1360. The number of hydrogen-bond acceptors (Lipinski definition) is 5. The van der Waals surface area contributed by atoms with E-state index in [4.69, 9.17) is 19.2 Å². The lowest BCUT2D eigenvalue weighted by atomic mass is 10.1. The fourth-order valence-corrected chi connectivity index (χ4v) is 5.60. The van der Waals surface area contributed by atoms with Crippen molar-refractivity contribution >= 4 is 22.6 Å². The van der Waals surface area contributed by atoms with Gasteiger partial charge in [0.15, 0.2) is 15.3 Å². The maximum Gasteiger partial charge on any atom is 0.231 e. The number of nitrogens with zero attached hydrogens (tertiary/aromatic N) is 3. The first-order chi connectivity index (χ1) is 18.6. The zero-order valence-electron chi connectivity index (χ0n) is 22.0. The molecule has 0 saturated carbocycles. The molecule has 1 aromatic heterocycles. The van der Waals surface area contributed by atoms with Crippen molar-refractivity contribution in [3.8, 4) is 28.5 Å². The summed E-state index contributed by atoms with van der Waals surface area (Å²) in [6, 6.07) is 25.2. The minimum atomic E-state index is 0.280. The number of fused-ring (bicyclic) bond motifs is 1. The van der Waals surface area contributed by atoms with Gasteiger partial charge in [-0.15, -0.1) is 0 Å². The Morgan fingerprint density at radius 1 is 0.895 bits per heavy atom. The number of unbranched alkanes of at least 4 members (excludes halogenated alkanes) is 1. The topological polar surface area (TPSA) is 48.8 Å². The summed E-state index contributed by atoms with van der Waals surface area (Å²) in [4.78, 5) is 7.53. The average Bonchev–Trinajstić information content (AvgIpc) is 3.52. The molecule has 0 fully saturated rings. The van der Waals surface area contributed by atoms with Gasteiger partial charge in [-0.2, -0.15) is 0 Å². The maximum atomic E-state index is 5.79. The summed E-state index contributed by atoms with van der Waals surface area (Å²) in [5.74, 6) is 2.53. The second-order valence-electron chi connectivity index (χ2n) is 9.46. The summed E-state index contributed by atoms with van der Waals surface area (Å²) in [5, 5.41) is 0. The van der Waals surface area contributed by atoms with Crippen molar-refractivity contribution in [1.82, 2.24) is 14.5 Å². The van der Waals surface area contributed by atoms with Gasteiger partial charge < -0.3 is 18.8 Å². The Balaban J connectivity index is 1.51. The molecule has 0 bridgehead atoms. The van der Waals surface area contributed by atoms with Crippen LogP contribution in [0.5, 0.6) is 17.2 Å². The van der Waals surface area contributed by atoms with Crippen LogP contribution in [0.3, 0.4) is 0 Å². The largest absolute Gasteiger partial charge is 0.494 e. The number of ether oxygens (including phenoxy) is 3. The van der Waals surface area contributed by atoms with Crippen molar-refractivity contribution in [2.75, 3.05) is 13.4 Å². The minimum absolute atomic E-state index is 0.280. The van der Waals surface area contributed by atoms with Crippen LogP contribution in [-0.2, 0) is 26.2 Å². The Labute approximate surface area is 238 Å². The van der Waals surface area contributed by atoms with Gasteiger partial charge >= 0.3 is 0 Å². The van der Waals surface area contributed by atoms with E-state index in [0.29, 0.717) is 6.61 Å². The van der Waals surface area contributed by atoms with Gasteiger partial charge in [0, 0.05) is 31.7 Å². The van der Waals surface area contributed by atoms with Crippen LogP contribution in [0.25, 0.3) is 11.3 Å². The normalized spacial score (nSPS) is 12.3. The van der Waals surface area contributed by atoms with Crippen LogP contribution in [0.2, 0.25) is 0 Å². The zero-order chi connectivity index (χ0) is 26.3. The first kappa shape index (κ1) is 26.6. The van der Waals surface area contributed by atoms with Crippen molar-refractivity contribution in [1.29, 1.82) is 0 Å². The predicted molar refractivity (Wildman–Crippen MR) is 158 cm³/mol. The van der Waals surface area contributed by atoms with E-state index >= 15 is 0 Å². The number of benzene rings is 3. The molecule has 0 unspecified atom stereocenters. The van der Waals surface area contributed by atoms with Gasteiger partial charge in [0.1, 0.15) is 5.75 Å². The number of halogens is 1. The molecule has 0 radical (unpaired) electrons. The van der Waals surface area contributed by atoms with Gasteiger partial charge in [-0.25, -0.2) is 4.98 Å². The fourth-order valence-electron chi connectivity index (χ4n) is 4.82. The van der Waals surface area contributed by atoms with E-state index in [9.17, 15) is 0 Å². The van der Waals surface area contributed by atoms with Gasteiger partial charge in [0.25, 0.3) is 0 Å². The second-order valence-corrected chi connectivity index (χ2v) is 10.4. The van der Waals surface area contributed by atoms with E-state index in [0.717, 1.165) is 71.4 Å². The molecule has 7 heteroatoms. The number of imidazole rings is 1. The highest BCUT2D eigenvalue weighted by molar-refractivity contribution is 14.1. The summed E-state index contributed by atoms with van der Waals surface area (Å²) in [6.45, 7) is 8.45. The van der Waals surface area contributed by atoms with Gasteiger partial charge in [-0.1, -0.05) is 61.9 Å². The quantitative estimate of drug-likeness (QED) is 0.155. The molecule has 4 aromatic rings. The molecule has 38 heavy (non-hydrogen) atoms. The first-order valence-electron chi connectivity index (χ1n) is 13.3. The summed E-state index contributed by atoms with van der Waals surface area (Å²) in [5.41, 5.74) is 5.86. The SMILES string of the molecule is CCCCn1c(I)nc(-c2ccccc2)c1CN(Cc1cccc(OCC)c1)Cc1ccc2c(c1)OCO2.